The van der Waals surface area contributed by atoms with E-state index in [0.29, 0.717) is 32.5 Å². The number of aliphatic carboxylic acids is 1. The van der Waals surface area contributed by atoms with E-state index in [4.69, 9.17) is 9.84 Å². The Balaban J connectivity index is 1.79. The molecule has 0 spiro atoms. The summed E-state index contributed by atoms with van der Waals surface area (Å²) >= 11 is 0. The second-order valence-electron chi connectivity index (χ2n) is 5.56. The summed E-state index contributed by atoms with van der Waals surface area (Å²) in [5.74, 6) is -0.429. The van der Waals surface area contributed by atoms with E-state index in [0.717, 1.165) is 16.9 Å². The number of urea groups is 1. The first-order valence-corrected chi connectivity index (χ1v) is 7.40. The van der Waals surface area contributed by atoms with Crippen LogP contribution in [0.5, 0.6) is 5.75 Å². The molecule has 6 nitrogen and oxygen atoms in total. The van der Waals surface area contributed by atoms with Gasteiger partial charge in [0.15, 0.2) is 0 Å². The van der Waals surface area contributed by atoms with Crippen molar-refractivity contribution >= 4 is 12.0 Å². The summed E-state index contributed by atoms with van der Waals surface area (Å²) in [4.78, 5) is 24.4. The van der Waals surface area contributed by atoms with E-state index < -0.39 is 11.9 Å². The topological polar surface area (TPSA) is 78.9 Å². The Kier molecular flexibility index (Phi) is 5.25. The summed E-state index contributed by atoms with van der Waals surface area (Å²) in [6.45, 7) is 3.29. The summed E-state index contributed by atoms with van der Waals surface area (Å²) in [6.07, 6.45) is 1.23. The van der Waals surface area contributed by atoms with E-state index >= 15 is 0 Å². The average Bonchev–Trinajstić information content (AvgIpc) is 2.99. The molecule has 1 aliphatic heterocycles. The van der Waals surface area contributed by atoms with Crippen molar-refractivity contribution in [2.45, 2.75) is 19.8 Å². The molecule has 0 aromatic heterocycles. The van der Waals surface area contributed by atoms with E-state index in [1.54, 1.807) is 12.0 Å². The fraction of sp³-hybridized carbons (Fsp3) is 0.500. The number of likely N-dealkylation sites (tertiary alicyclic amines) is 1. The molecule has 1 aromatic rings. The molecule has 0 saturated carbocycles. The lowest BCUT2D eigenvalue weighted by atomic mass is 10.1. The van der Waals surface area contributed by atoms with E-state index in [2.05, 4.69) is 5.32 Å². The van der Waals surface area contributed by atoms with Gasteiger partial charge in [-0.1, -0.05) is 12.1 Å². The van der Waals surface area contributed by atoms with Crippen LogP contribution >= 0.6 is 0 Å². The van der Waals surface area contributed by atoms with E-state index in [1.807, 2.05) is 25.1 Å². The van der Waals surface area contributed by atoms with Gasteiger partial charge in [0.25, 0.3) is 0 Å². The average molecular weight is 306 g/mol. The van der Waals surface area contributed by atoms with Crippen LogP contribution in [0.25, 0.3) is 0 Å². The van der Waals surface area contributed by atoms with Gasteiger partial charge >= 0.3 is 12.0 Å². The SMILES string of the molecule is COc1cc(CCNC(=O)N2CCC(C(=O)O)C2)ccc1C. The molecule has 2 N–H and O–H groups in total. The normalized spacial score (nSPS) is 17.4. The number of nitrogens with zero attached hydrogens (tertiary/aromatic N) is 1. The first-order chi connectivity index (χ1) is 10.5. The largest absolute Gasteiger partial charge is 0.496 e. The van der Waals surface area contributed by atoms with Crippen molar-refractivity contribution in [3.8, 4) is 5.75 Å². The number of benzene rings is 1. The molecule has 1 aliphatic rings. The molecular weight excluding hydrogens is 284 g/mol. The third-order valence-electron chi connectivity index (χ3n) is 3.99. The fourth-order valence-corrected chi connectivity index (χ4v) is 2.59. The van der Waals surface area contributed by atoms with Gasteiger partial charge in [0.05, 0.1) is 13.0 Å². The molecule has 2 rings (SSSR count). The zero-order valence-electron chi connectivity index (χ0n) is 13.0. The monoisotopic (exact) mass is 306 g/mol. The van der Waals surface area contributed by atoms with Gasteiger partial charge in [-0.15, -0.1) is 0 Å². The number of ether oxygens (including phenoxy) is 1. The third kappa shape index (κ3) is 3.90. The molecule has 1 atom stereocenters. The Bertz CT molecular complexity index is 559. The lowest BCUT2D eigenvalue weighted by Gasteiger charge is -2.16. The van der Waals surface area contributed by atoms with Crippen molar-refractivity contribution in [3.05, 3.63) is 29.3 Å². The molecule has 120 valence electrons. The van der Waals surface area contributed by atoms with E-state index in [9.17, 15) is 9.59 Å². The lowest BCUT2D eigenvalue weighted by molar-refractivity contribution is -0.141. The minimum absolute atomic E-state index is 0.192. The summed E-state index contributed by atoms with van der Waals surface area (Å²) in [5.41, 5.74) is 2.17. The van der Waals surface area contributed by atoms with Gasteiger partial charge in [-0.3, -0.25) is 4.79 Å². The summed E-state index contributed by atoms with van der Waals surface area (Å²) in [6, 6.07) is 5.79. The van der Waals surface area contributed by atoms with Crippen molar-refractivity contribution in [2.24, 2.45) is 5.92 Å². The van der Waals surface area contributed by atoms with Crippen LogP contribution in [-0.4, -0.2) is 48.8 Å². The Hall–Kier alpha value is -2.24. The Labute approximate surface area is 130 Å². The Morgan fingerprint density at radius 2 is 2.23 bits per heavy atom. The minimum Gasteiger partial charge on any atom is -0.496 e. The van der Waals surface area contributed by atoms with Gasteiger partial charge in [0.2, 0.25) is 0 Å². The molecule has 1 unspecified atom stereocenters. The number of carboxylic acid groups (broad SMARTS) is 1. The molecule has 0 aliphatic carbocycles. The zero-order valence-corrected chi connectivity index (χ0v) is 13.0. The zero-order chi connectivity index (χ0) is 16.1. The Morgan fingerprint density at radius 1 is 1.45 bits per heavy atom. The number of nitrogens with one attached hydrogen (secondary N) is 1. The first-order valence-electron chi connectivity index (χ1n) is 7.40. The van der Waals surface area contributed by atoms with Crippen LogP contribution in [0.3, 0.4) is 0 Å². The van der Waals surface area contributed by atoms with Crippen LogP contribution in [0.1, 0.15) is 17.5 Å². The number of carboxylic acids is 1. The maximum absolute atomic E-state index is 12.0. The molecule has 0 bridgehead atoms. The van der Waals surface area contributed by atoms with Crippen molar-refractivity contribution in [3.63, 3.8) is 0 Å². The van der Waals surface area contributed by atoms with E-state index in [1.165, 1.54) is 0 Å². The second kappa shape index (κ2) is 7.15. The predicted molar refractivity (Wildman–Crippen MR) is 82.1 cm³/mol. The van der Waals surface area contributed by atoms with Gasteiger partial charge < -0.3 is 20.1 Å². The molecule has 1 fully saturated rings. The van der Waals surface area contributed by atoms with Gasteiger partial charge in [0.1, 0.15) is 5.75 Å². The van der Waals surface area contributed by atoms with Crippen LogP contribution in [0, 0.1) is 12.8 Å². The van der Waals surface area contributed by atoms with Gasteiger partial charge in [-0.2, -0.15) is 0 Å². The Morgan fingerprint density at radius 3 is 2.86 bits per heavy atom. The maximum atomic E-state index is 12.0. The number of amides is 2. The standard InChI is InChI=1S/C16H22N2O4/c1-11-3-4-12(9-14(11)22-2)5-7-17-16(21)18-8-6-13(10-18)15(19)20/h3-4,9,13H,5-8,10H2,1-2H3,(H,17,21)(H,19,20). The van der Waals surface area contributed by atoms with Crippen molar-refractivity contribution < 1.29 is 19.4 Å². The van der Waals surface area contributed by atoms with Crippen LogP contribution in [0.2, 0.25) is 0 Å². The van der Waals surface area contributed by atoms with Crippen LogP contribution < -0.4 is 10.1 Å². The van der Waals surface area contributed by atoms with Crippen LogP contribution in [0.4, 0.5) is 4.79 Å². The number of rotatable bonds is 5. The lowest BCUT2D eigenvalue weighted by Crippen LogP contribution is -2.39. The second-order valence-corrected chi connectivity index (χ2v) is 5.56. The van der Waals surface area contributed by atoms with Gasteiger partial charge in [0, 0.05) is 19.6 Å². The number of methoxy groups -OCH3 is 1. The highest BCUT2D eigenvalue weighted by Crippen LogP contribution is 2.19. The summed E-state index contributed by atoms with van der Waals surface area (Å²) in [5, 5.41) is 11.8. The number of hydrogen-bond acceptors (Lipinski definition) is 3. The van der Waals surface area contributed by atoms with Gasteiger partial charge in [-0.25, -0.2) is 4.79 Å². The maximum Gasteiger partial charge on any atom is 0.317 e. The predicted octanol–water partition coefficient (Wildman–Crippen LogP) is 1.66. The third-order valence-corrected chi connectivity index (χ3v) is 3.99. The van der Waals surface area contributed by atoms with Crippen molar-refractivity contribution in [1.29, 1.82) is 0 Å². The van der Waals surface area contributed by atoms with Crippen LogP contribution in [-0.2, 0) is 11.2 Å². The van der Waals surface area contributed by atoms with Crippen LogP contribution in [0.15, 0.2) is 18.2 Å². The number of hydrogen-bond donors (Lipinski definition) is 2. The number of carbonyl (C=O) groups excluding carboxylic acids is 1. The smallest absolute Gasteiger partial charge is 0.317 e. The highest BCUT2D eigenvalue weighted by atomic mass is 16.5. The molecule has 1 saturated heterocycles. The highest BCUT2D eigenvalue weighted by molar-refractivity contribution is 5.77. The quantitative estimate of drug-likeness (QED) is 0.867. The molecule has 22 heavy (non-hydrogen) atoms. The van der Waals surface area contributed by atoms with Gasteiger partial charge in [-0.05, 0) is 37.0 Å². The molecular formula is C16H22N2O4. The van der Waals surface area contributed by atoms with Crippen molar-refractivity contribution in [1.82, 2.24) is 10.2 Å². The minimum atomic E-state index is -0.831. The summed E-state index contributed by atoms with van der Waals surface area (Å²) < 4.78 is 5.28. The highest BCUT2D eigenvalue weighted by Gasteiger charge is 2.30. The molecule has 2 amide bonds. The molecule has 0 radical (unpaired) electrons. The van der Waals surface area contributed by atoms with E-state index in [-0.39, 0.29) is 6.03 Å². The molecule has 6 heteroatoms. The number of aryl methyl sites for hydroxylation is 1. The molecule has 1 heterocycles. The van der Waals surface area contributed by atoms with Crippen molar-refractivity contribution in [2.75, 3.05) is 26.7 Å². The first kappa shape index (κ1) is 16.1. The summed E-state index contributed by atoms with van der Waals surface area (Å²) in [7, 11) is 1.64. The molecule has 1 aromatic carbocycles. The number of carbonyl (C=O) groups is 2. The fourth-order valence-electron chi connectivity index (χ4n) is 2.59.